The highest BCUT2D eigenvalue weighted by Crippen LogP contribution is 2.09. The highest BCUT2D eigenvalue weighted by molar-refractivity contribution is 5.33. The van der Waals surface area contributed by atoms with Crippen LogP contribution in [-0.4, -0.2) is 15.8 Å². The van der Waals surface area contributed by atoms with Crippen LogP contribution in [0.25, 0.3) is 0 Å². The molecule has 0 bridgehead atoms. The number of aromatic nitrogens is 2. The van der Waals surface area contributed by atoms with Gasteiger partial charge in [0.2, 0.25) is 0 Å². The molecular formula is C13H25N3. The number of hydrogen-bond acceptors (Lipinski definition) is 2. The molecule has 1 aromatic rings. The Kier molecular flexibility index (Phi) is 5.36. The van der Waals surface area contributed by atoms with Crippen molar-refractivity contribution in [3.63, 3.8) is 0 Å². The number of nitrogens with zero attached hydrogens (tertiary/aromatic N) is 2. The zero-order valence-corrected chi connectivity index (χ0v) is 11.0. The van der Waals surface area contributed by atoms with Crippen molar-refractivity contribution in [2.24, 2.45) is 5.92 Å². The first-order valence-electron chi connectivity index (χ1n) is 6.41. The van der Waals surface area contributed by atoms with E-state index in [0.717, 1.165) is 18.3 Å². The highest BCUT2D eigenvalue weighted by Gasteiger charge is 2.03. The summed E-state index contributed by atoms with van der Waals surface area (Å²) in [6.45, 7) is 9.91. The summed E-state index contributed by atoms with van der Waals surface area (Å²) in [6, 6.07) is 2.57. The van der Waals surface area contributed by atoms with Gasteiger partial charge in [0.05, 0.1) is 0 Å². The Labute approximate surface area is 99.2 Å². The molecule has 0 spiro atoms. The van der Waals surface area contributed by atoms with Crippen LogP contribution in [0, 0.1) is 5.92 Å². The maximum absolute atomic E-state index is 4.51. The quantitative estimate of drug-likeness (QED) is 0.766. The molecule has 0 aliphatic rings. The number of aryl methyl sites for hydroxylation is 1. The Hall–Kier alpha value is -0.990. The van der Waals surface area contributed by atoms with Crippen molar-refractivity contribution in [1.82, 2.24) is 9.78 Å². The molecule has 0 saturated heterocycles. The second-order valence-electron chi connectivity index (χ2n) is 4.98. The summed E-state index contributed by atoms with van der Waals surface area (Å²) in [7, 11) is 0. The van der Waals surface area contributed by atoms with Crippen molar-refractivity contribution in [3.8, 4) is 0 Å². The molecule has 0 saturated carbocycles. The fraction of sp³-hybridized carbons (Fsp3) is 0.769. The third-order valence-corrected chi connectivity index (χ3v) is 2.69. The van der Waals surface area contributed by atoms with Gasteiger partial charge in [-0.2, -0.15) is 5.10 Å². The first kappa shape index (κ1) is 13.1. The molecular weight excluding hydrogens is 198 g/mol. The van der Waals surface area contributed by atoms with Gasteiger partial charge in [0, 0.05) is 24.8 Å². The van der Waals surface area contributed by atoms with Crippen LogP contribution >= 0.6 is 0 Å². The van der Waals surface area contributed by atoms with Gasteiger partial charge < -0.3 is 5.32 Å². The van der Waals surface area contributed by atoms with Gasteiger partial charge in [-0.1, -0.05) is 27.2 Å². The van der Waals surface area contributed by atoms with Crippen molar-refractivity contribution in [1.29, 1.82) is 0 Å². The number of hydrogen-bond donors (Lipinski definition) is 1. The van der Waals surface area contributed by atoms with Crippen LogP contribution in [0.15, 0.2) is 12.3 Å². The van der Waals surface area contributed by atoms with E-state index in [1.807, 2.05) is 4.68 Å². The second kappa shape index (κ2) is 6.56. The molecule has 3 nitrogen and oxygen atoms in total. The van der Waals surface area contributed by atoms with Gasteiger partial charge in [0.25, 0.3) is 0 Å². The van der Waals surface area contributed by atoms with Gasteiger partial charge in [0.1, 0.15) is 5.82 Å². The van der Waals surface area contributed by atoms with E-state index in [0.29, 0.717) is 6.04 Å². The van der Waals surface area contributed by atoms with E-state index in [1.54, 1.807) is 0 Å². The molecule has 0 amide bonds. The molecule has 0 aromatic carbocycles. The van der Waals surface area contributed by atoms with Crippen LogP contribution < -0.4 is 5.32 Å². The minimum Gasteiger partial charge on any atom is -0.366 e. The Bertz CT molecular complexity index is 291. The van der Waals surface area contributed by atoms with Gasteiger partial charge in [-0.3, -0.25) is 4.68 Å². The van der Waals surface area contributed by atoms with Crippen LogP contribution in [0.2, 0.25) is 0 Å². The number of anilines is 1. The van der Waals surface area contributed by atoms with Gasteiger partial charge in [-0.25, -0.2) is 0 Å². The molecule has 0 fully saturated rings. The Morgan fingerprint density at radius 1 is 1.31 bits per heavy atom. The van der Waals surface area contributed by atoms with Crippen molar-refractivity contribution < 1.29 is 0 Å². The summed E-state index contributed by atoms with van der Waals surface area (Å²) in [6.07, 6.45) is 5.65. The molecule has 3 heteroatoms. The van der Waals surface area contributed by atoms with Crippen molar-refractivity contribution >= 4 is 5.82 Å². The van der Waals surface area contributed by atoms with Crippen LogP contribution in [0.4, 0.5) is 5.82 Å². The Morgan fingerprint density at radius 2 is 2.06 bits per heavy atom. The fourth-order valence-corrected chi connectivity index (χ4v) is 1.71. The van der Waals surface area contributed by atoms with Gasteiger partial charge >= 0.3 is 0 Å². The molecule has 1 rings (SSSR count). The molecule has 1 N–H and O–H groups in total. The first-order valence-corrected chi connectivity index (χ1v) is 6.41. The normalized spacial score (nSPS) is 13.1. The molecule has 0 aliphatic carbocycles. The van der Waals surface area contributed by atoms with Crippen LogP contribution in [0.5, 0.6) is 0 Å². The minimum atomic E-state index is 0.512. The summed E-state index contributed by atoms with van der Waals surface area (Å²) in [5.41, 5.74) is 0. The SMILES string of the molecule is CCCC(C)Nc1ccn(CCC(C)C)n1. The minimum absolute atomic E-state index is 0.512. The predicted molar refractivity (Wildman–Crippen MR) is 69.7 cm³/mol. The smallest absolute Gasteiger partial charge is 0.148 e. The molecule has 1 aromatic heterocycles. The fourth-order valence-electron chi connectivity index (χ4n) is 1.71. The highest BCUT2D eigenvalue weighted by atomic mass is 15.3. The maximum atomic E-state index is 4.51. The zero-order valence-electron chi connectivity index (χ0n) is 11.0. The summed E-state index contributed by atoms with van der Waals surface area (Å²) >= 11 is 0. The third-order valence-electron chi connectivity index (χ3n) is 2.69. The molecule has 0 radical (unpaired) electrons. The maximum Gasteiger partial charge on any atom is 0.148 e. The average molecular weight is 223 g/mol. The molecule has 1 atom stereocenters. The van der Waals surface area contributed by atoms with E-state index in [9.17, 15) is 0 Å². The van der Waals surface area contributed by atoms with Crippen LogP contribution in [-0.2, 0) is 6.54 Å². The van der Waals surface area contributed by atoms with Gasteiger partial charge in [0.15, 0.2) is 0 Å². The summed E-state index contributed by atoms with van der Waals surface area (Å²) < 4.78 is 2.03. The Balaban J connectivity index is 2.39. The molecule has 1 unspecified atom stereocenters. The predicted octanol–water partition coefficient (Wildman–Crippen LogP) is 3.53. The standard InChI is InChI=1S/C13H25N3/c1-5-6-12(4)14-13-8-10-16(15-13)9-7-11(2)3/h8,10-12H,5-7,9H2,1-4H3,(H,14,15). The summed E-state index contributed by atoms with van der Waals surface area (Å²) in [4.78, 5) is 0. The van der Waals surface area contributed by atoms with E-state index in [-0.39, 0.29) is 0 Å². The monoisotopic (exact) mass is 223 g/mol. The van der Waals surface area contributed by atoms with Gasteiger partial charge in [-0.15, -0.1) is 0 Å². The first-order chi connectivity index (χ1) is 7.61. The van der Waals surface area contributed by atoms with E-state index in [2.05, 4.69) is 50.4 Å². The lowest BCUT2D eigenvalue weighted by molar-refractivity contribution is 0.487. The van der Waals surface area contributed by atoms with E-state index >= 15 is 0 Å². The van der Waals surface area contributed by atoms with Crippen LogP contribution in [0.3, 0.4) is 0 Å². The van der Waals surface area contributed by atoms with E-state index in [4.69, 9.17) is 0 Å². The number of nitrogens with one attached hydrogen (secondary N) is 1. The molecule has 1 heterocycles. The molecule has 92 valence electrons. The summed E-state index contributed by atoms with van der Waals surface area (Å²) in [5.74, 6) is 1.74. The lowest BCUT2D eigenvalue weighted by atomic mass is 10.1. The molecule has 16 heavy (non-hydrogen) atoms. The van der Waals surface area contributed by atoms with E-state index < -0.39 is 0 Å². The van der Waals surface area contributed by atoms with Crippen molar-refractivity contribution in [2.75, 3.05) is 5.32 Å². The van der Waals surface area contributed by atoms with Crippen molar-refractivity contribution in [3.05, 3.63) is 12.3 Å². The van der Waals surface area contributed by atoms with E-state index in [1.165, 1.54) is 19.3 Å². The average Bonchev–Trinajstić information content (AvgIpc) is 2.63. The summed E-state index contributed by atoms with van der Waals surface area (Å²) in [5, 5.41) is 7.93. The van der Waals surface area contributed by atoms with Gasteiger partial charge in [-0.05, 0) is 25.7 Å². The Morgan fingerprint density at radius 3 is 2.69 bits per heavy atom. The lowest BCUT2D eigenvalue weighted by Crippen LogP contribution is -2.15. The molecule has 0 aliphatic heterocycles. The topological polar surface area (TPSA) is 29.9 Å². The lowest BCUT2D eigenvalue weighted by Gasteiger charge is -2.11. The third kappa shape index (κ3) is 4.69. The largest absolute Gasteiger partial charge is 0.366 e. The van der Waals surface area contributed by atoms with Crippen molar-refractivity contribution in [2.45, 2.75) is 59.5 Å². The second-order valence-corrected chi connectivity index (χ2v) is 4.98. The number of rotatable bonds is 7. The zero-order chi connectivity index (χ0) is 12.0. The van der Waals surface area contributed by atoms with Crippen LogP contribution in [0.1, 0.15) is 47.0 Å².